The minimum Gasteiger partial charge on any atom is -0.323 e. The van der Waals surface area contributed by atoms with Crippen molar-refractivity contribution in [3.8, 4) is 6.07 Å². The summed E-state index contributed by atoms with van der Waals surface area (Å²) in [5, 5.41) is 9.99. The SMILES string of the molecule is CCC(C#N)C(N)c1ccc(Cl)cc1Cl. The first kappa shape index (κ1) is 12.3. The summed E-state index contributed by atoms with van der Waals surface area (Å²) in [7, 11) is 0. The predicted octanol–water partition coefficient (Wildman–Crippen LogP) is 3.54. The van der Waals surface area contributed by atoms with Crippen LogP contribution in [0.3, 0.4) is 0 Å². The van der Waals surface area contributed by atoms with Crippen LogP contribution in [0.4, 0.5) is 0 Å². The summed E-state index contributed by atoms with van der Waals surface area (Å²) in [4.78, 5) is 0. The average molecular weight is 243 g/mol. The van der Waals surface area contributed by atoms with E-state index in [-0.39, 0.29) is 12.0 Å². The standard InChI is InChI=1S/C11H12Cl2N2/c1-2-7(6-14)11(15)9-4-3-8(12)5-10(9)13/h3-5,7,11H,2,15H2,1H3. The van der Waals surface area contributed by atoms with E-state index >= 15 is 0 Å². The van der Waals surface area contributed by atoms with Gasteiger partial charge in [-0.2, -0.15) is 5.26 Å². The van der Waals surface area contributed by atoms with Crippen LogP contribution in [-0.2, 0) is 0 Å². The zero-order valence-electron chi connectivity index (χ0n) is 8.37. The fourth-order valence-electron chi connectivity index (χ4n) is 1.41. The van der Waals surface area contributed by atoms with Crippen molar-refractivity contribution in [3.05, 3.63) is 33.8 Å². The van der Waals surface area contributed by atoms with E-state index in [9.17, 15) is 0 Å². The van der Waals surface area contributed by atoms with Gasteiger partial charge in [-0.1, -0.05) is 36.2 Å². The van der Waals surface area contributed by atoms with Crippen LogP contribution in [0.15, 0.2) is 18.2 Å². The van der Waals surface area contributed by atoms with Gasteiger partial charge in [0.05, 0.1) is 12.0 Å². The number of nitrogens with zero attached hydrogens (tertiary/aromatic N) is 1. The Labute approximate surface area is 99.6 Å². The second kappa shape index (κ2) is 5.37. The van der Waals surface area contributed by atoms with Crippen molar-refractivity contribution < 1.29 is 0 Å². The molecule has 0 aliphatic carbocycles. The highest BCUT2D eigenvalue weighted by atomic mass is 35.5. The first-order valence-electron chi connectivity index (χ1n) is 4.70. The highest BCUT2D eigenvalue weighted by Crippen LogP contribution is 2.29. The van der Waals surface area contributed by atoms with Crippen molar-refractivity contribution in [2.45, 2.75) is 19.4 Å². The fraction of sp³-hybridized carbons (Fsp3) is 0.364. The van der Waals surface area contributed by atoms with Gasteiger partial charge in [0, 0.05) is 16.1 Å². The molecule has 80 valence electrons. The number of hydrogen-bond donors (Lipinski definition) is 1. The third-order valence-corrected chi connectivity index (χ3v) is 2.92. The van der Waals surface area contributed by atoms with Crippen LogP contribution in [0.5, 0.6) is 0 Å². The highest BCUT2D eigenvalue weighted by Gasteiger charge is 2.19. The van der Waals surface area contributed by atoms with Crippen LogP contribution in [0.2, 0.25) is 10.0 Å². The molecule has 0 saturated carbocycles. The molecular formula is C11H12Cl2N2. The summed E-state index contributed by atoms with van der Waals surface area (Å²) in [5.74, 6) is -0.219. The first-order valence-corrected chi connectivity index (χ1v) is 5.45. The minimum atomic E-state index is -0.357. The lowest BCUT2D eigenvalue weighted by Crippen LogP contribution is -2.20. The molecule has 1 rings (SSSR count). The molecule has 0 spiro atoms. The number of nitrogens with two attached hydrogens (primary N) is 1. The van der Waals surface area contributed by atoms with Gasteiger partial charge in [-0.05, 0) is 24.1 Å². The topological polar surface area (TPSA) is 49.8 Å². The monoisotopic (exact) mass is 242 g/mol. The van der Waals surface area contributed by atoms with Crippen LogP contribution in [-0.4, -0.2) is 0 Å². The molecule has 0 fully saturated rings. The van der Waals surface area contributed by atoms with Gasteiger partial charge in [0.1, 0.15) is 0 Å². The molecule has 0 bridgehead atoms. The maximum atomic E-state index is 8.90. The van der Waals surface area contributed by atoms with Crippen molar-refractivity contribution in [1.29, 1.82) is 5.26 Å². The first-order chi connectivity index (χ1) is 7.10. The number of benzene rings is 1. The molecule has 0 amide bonds. The summed E-state index contributed by atoms with van der Waals surface area (Å²) in [6.45, 7) is 1.93. The van der Waals surface area contributed by atoms with Crippen molar-refractivity contribution in [2.75, 3.05) is 0 Å². The van der Waals surface area contributed by atoms with Crippen LogP contribution in [0.1, 0.15) is 24.9 Å². The van der Waals surface area contributed by atoms with Crippen LogP contribution >= 0.6 is 23.2 Å². The summed E-state index contributed by atoms with van der Waals surface area (Å²) in [6, 6.07) is 6.96. The number of hydrogen-bond acceptors (Lipinski definition) is 2. The molecule has 4 heteroatoms. The lowest BCUT2D eigenvalue weighted by atomic mass is 9.93. The molecule has 2 nitrogen and oxygen atoms in total. The van der Waals surface area contributed by atoms with Gasteiger partial charge in [0.2, 0.25) is 0 Å². The molecule has 2 N–H and O–H groups in total. The Kier molecular flexibility index (Phi) is 4.41. The lowest BCUT2D eigenvalue weighted by Gasteiger charge is -2.17. The van der Waals surface area contributed by atoms with Crippen molar-refractivity contribution in [3.63, 3.8) is 0 Å². The van der Waals surface area contributed by atoms with Crippen LogP contribution < -0.4 is 5.73 Å². The van der Waals surface area contributed by atoms with E-state index in [0.717, 1.165) is 5.56 Å². The predicted molar refractivity (Wildman–Crippen MR) is 62.8 cm³/mol. The number of rotatable bonds is 3. The molecule has 0 aromatic heterocycles. The molecule has 0 aliphatic heterocycles. The van der Waals surface area contributed by atoms with Crippen LogP contribution in [0, 0.1) is 17.2 Å². The molecule has 0 saturated heterocycles. The maximum Gasteiger partial charge on any atom is 0.0675 e. The van der Waals surface area contributed by atoms with Gasteiger partial charge < -0.3 is 5.73 Å². The molecule has 0 aliphatic rings. The van der Waals surface area contributed by atoms with Crippen molar-refractivity contribution in [2.24, 2.45) is 11.7 Å². The Morgan fingerprint density at radius 1 is 1.47 bits per heavy atom. The van der Waals surface area contributed by atoms with Crippen LogP contribution in [0.25, 0.3) is 0 Å². The van der Waals surface area contributed by atoms with E-state index in [2.05, 4.69) is 6.07 Å². The van der Waals surface area contributed by atoms with Gasteiger partial charge in [-0.25, -0.2) is 0 Å². The molecule has 1 aromatic rings. The smallest absolute Gasteiger partial charge is 0.0675 e. The van der Waals surface area contributed by atoms with E-state index < -0.39 is 0 Å². The second-order valence-electron chi connectivity index (χ2n) is 3.34. The third kappa shape index (κ3) is 2.85. The number of nitriles is 1. The Bertz CT molecular complexity index is 385. The largest absolute Gasteiger partial charge is 0.323 e. The highest BCUT2D eigenvalue weighted by molar-refractivity contribution is 6.35. The van der Waals surface area contributed by atoms with E-state index in [1.54, 1.807) is 18.2 Å². The number of halogens is 2. The zero-order valence-corrected chi connectivity index (χ0v) is 9.89. The normalized spacial score (nSPS) is 14.3. The summed E-state index contributed by atoms with van der Waals surface area (Å²) >= 11 is 11.8. The third-order valence-electron chi connectivity index (χ3n) is 2.36. The Balaban J connectivity index is 3.01. The summed E-state index contributed by atoms with van der Waals surface area (Å²) in [6.07, 6.45) is 0.705. The average Bonchev–Trinajstić information content (AvgIpc) is 2.19. The summed E-state index contributed by atoms with van der Waals surface area (Å²) in [5.41, 5.74) is 6.73. The molecule has 2 unspecified atom stereocenters. The van der Waals surface area contributed by atoms with Crippen molar-refractivity contribution in [1.82, 2.24) is 0 Å². The van der Waals surface area contributed by atoms with Gasteiger partial charge in [0.25, 0.3) is 0 Å². The van der Waals surface area contributed by atoms with Gasteiger partial charge in [-0.3, -0.25) is 0 Å². The Morgan fingerprint density at radius 3 is 2.60 bits per heavy atom. The molecule has 1 aromatic carbocycles. The Hall–Kier alpha value is -0.750. The zero-order chi connectivity index (χ0) is 11.4. The van der Waals surface area contributed by atoms with E-state index in [4.69, 9.17) is 34.2 Å². The lowest BCUT2D eigenvalue weighted by molar-refractivity contribution is 0.518. The molecular weight excluding hydrogens is 231 g/mol. The molecule has 2 atom stereocenters. The van der Waals surface area contributed by atoms with Crippen molar-refractivity contribution >= 4 is 23.2 Å². The van der Waals surface area contributed by atoms with E-state index in [1.807, 2.05) is 6.92 Å². The van der Waals surface area contributed by atoms with E-state index in [1.165, 1.54) is 0 Å². The molecule has 0 heterocycles. The molecule has 15 heavy (non-hydrogen) atoms. The fourth-order valence-corrected chi connectivity index (χ4v) is 1.95. The van der Waals surface area contributed by atoms with E-state index in [0.29, 0.717) is 16.5 Å². The second-order valence-corrected chi connectivity index (χ2v) is 4.18. The summed E-state index contributed by atoms with van der Waals surface area (Å²) < 4.78 is 0. The van der Waals surface area contributed by atoms with Gasteiger partial charge in [0.15, 0.2) is 0 Å². The molecule has 0 radical (unpaired) electrons. The Morgan fingerprint density at radius 2 is 2.13 bits per heavy atom. The van der Waals surface area contributed by atoms with Gasteiger partial charge >= 0.3 is 0 Å². The van der Waals surface area contributed by atoms with Gasteiger partial charge in [-0.15, -0.1) is 0 Å². The maximum absolute atomic E-state index is 8.90. The minimum absolute atomic E-state index is 0.219. The quantitative estimate of drug-likeness (QED) is 0.882.